The van der Waals surface area contributed by atoms with E-state index in [-0.39, 0.29) is 5.41 Å². The van der Waals surface area contributed by atoms with Crippen LogP contribution in [-0.4, -0.2) is 29.7 Å². The zero-order chi connectivity index (χ0) is 15.5. The van der Waals surface area contributed by atoms with Gasteiger partial charge in [0.1, 0.15) is 5.69 Å². The molecule has 0 spiro atoms. The molecule has 3 atom stereocenters. The summed E-state index contributed by atoms with van der Waals surface area (Å²) in [5.74, 6) is 2.01. The summed E-state index contributed by atoms with van der Waals surface area (Å²) in [6, 6.07) is 0.542. The van der Waals surface area contributed by atoms with Gasteiger partial charge in [0.2, 0.25) is 5.88 Å². The molecule has 0 amide bonds. The van der Waals surface area contributed by atoms with Crippen molar-refractivity contribution in [2.24, 2.45) is 11.8 Å². The topological polar surface area (TPSA) is 47.0 Å². The molecule has 0 aliphatic heterocycles. The van der Waals surface area contributed by atoms with E-state index in [1.54, 1.807) is 19.5 Å². The van der Waals surface area contributed by atoms with Crippen LogP contribution < -0.4 is 10.1 Å². The molecule has 1 fully saturated rings. The number of hydrogen-bond acceptors (Lipinski definition) is 4. The van der Waals surface area contributed by atoms with E-state index in [0.29, 0.717) is 17.8 Å². The van der Waals surface area contributed by atoms with Gasteiger partial charge in [-0.3, -0.25) is 4.98 Å². The van der Waals surface area contributed by atoms with Crippen LogP contribution in [-0.2, 0) is 5.41 Å². The Bertz CT molecular complexity index is 461. The summed E-state index contributed by atoms with van der Waals surface area (Å²) in [6.07, 6.45) is 7.23. The highest BCUT2D eigenvalue weighted by molar-refractivity contribution is 5.27. The predicted octanol–water partition coefficient (Wildman–Crippen LogP) is 3.18. The van der Waals surface area contributed by atoms with Gasteiger partial charge in [0, 0.05) is 23.9 Å². The van der Waals surface area contributed by atoms with Crippen LogP contribution in [0.1, 0.15) is 52.7 Å². The predicted molar refractivity (Wildman–Crippen MR) is 85.6 cm³/mol. The smallest absolute Gasteiger partial charge is 0.235 e. The van der Waals surface area contributed by atoms with Crippen LogP contribution in [0.15, 0.2) is 12.4 Å². The summed E-state index contributed by atoms with van der Waals surface area (Å²) < 4.78 is 5.44. The van der Waals surface area contributed by atoms with Gasteiger partial charge in [0.05, 0.1) is 7.11 Å². The third kappa shape index (κ3) is 3.37. The molecule has 0 radical (unpaired) electrons. The highest BCUT2D eigenvalue weighted by Crippen LogP contribution is 2.43. The number of rotatable bonds is 5. The van der Waals surface area contributed by atoms with Crippen molar-refractivity contribution in [2.45, 2.75) is 58.4 Å². The van der Waals surface area contributed by atoms with E-state index >= 15 is 0 Å². The van der Waals surface area contributed by atoms with E-state index in [9.17, 15) is 0 Å². The number of ether oxygens (including phenoxy) is 1. The minimum atomic E-state index is -0.0490. The fourth-order valence-electron chi connectivity index (χ4n) is 3.82. The van der Waals surface area contributed by atoms with Crippen LogP contribution in [0.4, 0.5) is 0 Å². The maximum Gasteiger partial charge on any atom is 0.235 e. The number of nitrogens with zero attached hydrogens (tertiary/aromatic N) is 2. The average Bonchev–Trinajstić information content (AvgIpc) is 2.47. The maximum absolute atomic E-state index is 5.44. The van der Waals surface area contributed by atoms with E-state index in [1.165, 1.54) is 19.3 Å². The van der Waals surface area contributed by atoms with Gasteiger partial charge in [0.25, 0.3) is 0 Å². The van der Waals surface area contributed by atoms with Crippen LogP contribution >= 0.6 is 0 Å². The minimum absolute atomic E-state index is 0.0490. The Balaban J connectivity index is 2.31. The molecule has 1 aromatic heterocycles. The zero-order valence-electron chi connectivity index (χ0n) is 14.0. The Morgan fingerprint density at radius 1 is 1.29 bits per heavy atom. The van der Waals surface area contributed by atoms with Crippen LogP contribution in [0.5, 0.6) is 5.88 Å². The summed E-state index contributed by atoms with van der Waals surface area (Å²) in [4.78, 5) is 8.93. The van der Waals surface area contributed by atoms with Crippen LogP contribution in [0.3, 0.4) is 0 Å². The molecule has 0 bridgehead atoms. The van der Waals surface area contributed by atoms with Crippen molar-refractivity contribution >= 4 is 0 Å². The van der Waals surface area contributed by atoms with Crippen molar-refractivity contribution in [3.05, 3.63) is 18.1 Å². The lowest BCUT2D eigenvalue weighted by Gasteiger charge is -2.44. The van der Waals surface area contributed by atoms with Crippen molar-refractivity contribution in [1.29, 1.82) is 0 Å². The molecule has 118 valence electrons. The lowest BCUT2D eigenvalue weighted by atomic mass is 9.65. The molecule has 1 heterocycles. The molecule has 1 saturated carbocycles. The highest BCUT2D eigenvalue weighted by Gasteiger charge is 2.42. The first-order valence-corrected chi connectivity index (χ1v) is 8.09. The highest BCUT2D eigenvalue weighted by atomic mass is 16.5. The fourth-order valence-corrected chi connectivity index (χ4v) is 3.82. The van der Waals surface area contributed by atoms with Gasteiger partial charge >= 0.3 is 0 Å². The number of hydrogen-bond donors (Lipinski definition) is 1. The van der Waals surface area contributed by atoms with Crippen LogP contribution in [0, 0.1) is 11.8 Å². The van der Waals surface area contributed by atoms with Gasteiger partial charge < -0.3 is 10.1 Å². The van der Waals surface area contributed by atoms with Crippen molar-refractivity contribution in [2.75, 3.05) is 13.7 Å². The molecule has 4 heteroatoms. The van der Waals surface area contributed by atoms with Crippen molar-refractivity contribution in [1.82, 2.24) is 15.3 Å². The summed E-state index contributed by atoms with van der Waals surface area (Å²) in [7, 11) is 1.67. The van der Waals surface area contributed by atoms with Crippen LogP contribution in [0.25, 0.3) is 0 Å². The van der Waals surface area contributed by atoms with Gasteiger partial charge in [-0.1, -0.05) is 34.1 Å². The molecule has 1 aliphatic carbocycles. The molecule has 1 aromatic rings. The monoisotopic (exact) mass is 291 g/mol. The molecular formula is C17H29N3O. The van der Waals surface area contributed by atoms with Gasteiger partial charge in [-0.15, -0.1) is 0 Å². The summed E-state index contributed by atoms with van der Waals surface area (Å²) in [6.45, 7) is 10.1. The quantitative estimate of drug-likeness (QED) is 0.905. The molecule has 0 saturated heterocycles. The molecule has 1 N–H and O–H groups in total. The molecule has 4 nitrogen and oxygen atoms in total. The molecular weight excluding hydrogens is 262 g/mol. The lowest BCUT2D eigenvalue weighted by molar-refractivity contribution is 0.141. The molecule has 2 rings (SSSR count). The van der Waals surface area contributed by atoms with Gasteiger partial charge in [0.15, 0.2) is 0 Å². The number of aromatic nitrogens is 2. The first kappa shape index (κ1) is 16.2. The first-order valence-electron chi connectivity index (χ1n) is 8.09. The Hall–Kier alpha value is -1.16. The second-order valence-corrected chi connectivity index (χ2v) is 6.82. The van der Waals surface area contributed by atoms with E-state index in [2.05, 4.69) is 43.0 Å². The van der Waals surface area contributed by atoms with E-state index in [1.807, 2.05) is 0 Å². The third-order valence-electron chi connectivity index (χ3n) is 4.97. The van der Waals surface area contributed by atoms with Crippen molar-refractivity contribution in [3.63, 3.8) is 0 Å². The Kier molecular flexibility index (Phi) is 5.20. The lowest BCUT2D eigenvalue weighted by Crippen LogP contribution is -2.48. The summed E-state index contributed by atoms with van der Waals surface area (Å²) >= 11 is 0. The Labute approximate surface area is 128 Å². The summed E-state index contributed by atoms with van der Waals surface area (Å²) in [5.41, 5.74) is 0.932. The number of methoxy groups -OCH3 is 1. The second-order valence-electron chi connectivity index (χ2n) is 6.82. The Morgan fingerprint density at radius 2 is 2.00 bits per heavy atom. The standard InChI is InChI=1S/C17H29N3O/c1-6-18-14-11-12(2)7-8-13(14)17(3,4)15-16(21-5)20-10-9-19-15/h9-10,12-14,18H,6-8,11H2,1-5H3. The fraction of sp³-hybridized carbons (Fsp3) is 0.765. The first-order chi connectivity index (χ1) is 10.0. The average molecular weight is 291 g/mol. The third-order valence-corrected chi connectivity index (χ3v) is 4.97. The van der Waals surface area contributed by atoms with Crippen molar-refractivity contribution < 1.29 is 4.74 Å². The molecule has 1 aliphatic rings. The Morgan fingerprint density at radius 3 is 2.67 bits per heavy atom. The van der Waals surface area contributed by atoms with Gasteiger partial charge in [-0.05, 0) is 31.2 Å². The SMILES string of the molecule is CCNC1CC(C)CCC1C(C)(C)c1nccnc1OC. The molecule has 3 unspecified atom stereocenters. The van der Waals surface area contributed by atoms with Gasteiger partial charge in [-0.2, -0.15) is 0 Å². The summed E-state index contributed by atoms with van der Waals surface area (Å²) in [5, 5.41) is 3.69. The van der Waals surface area contributed by atoms with Crippen molar-refractivity contribution in [3.8, 4) is 5.88 Å². The maximum atomic E-state index is 5.44. The normalized spacial score (nSPS) is 26.6. The molecule has 0 aromatic carbocycles. The second kappa shape index (κ2) is 6.73. The van der Waals surface area contributed by atoms with E-state index < -0.39 is 0 Å². The van der Waals surface area contributed by atoms with Crippen LogP contribution in [0.2, 0.25) is 0 Å². The van der Waals surface area contributed by atoms with E-state index in [0.717, 1.165) is 18.2 Å². The number of nitrogens with one attached hydrogen (secondary N) is 1. The van der Waals surface area contributed by atoms with E-state index in [4.69, 9.17) is 4.74 Å². The molecule has 21 heavy (non-hydrogen) atoms. The van der Waals surface area contributed by atoms with Gasteiger partial charge in [-0.25, -0.2) is 4.98 Å². The largest absolute Gasteiger partial charge is 0.480 e. The minimum Gasteiger partial charge on any atom is -0.480 e. The zero-order valence-corrected chi connectivity index (χ0v) is 14.0.